The Morgan fingerprint density at radius 3 is 2.60 bits per heavy atom. The number of halogens is 3. The Hall–Kier alpha value is -1.26. The Labute approximate surface area is 86.1 Å². The van der Waals surface area contributed by atoms with Crippen LogP contribution in [0.2, 0.25) is 0 Å². The van der Waals surface area contributed by atoms with Crippen molar-refractivity contribution in [3.05, 3.63) is 35.6 Å². The molecule has 0 aliphatic heterocycles. The molecule has 1 fully saturated rings. The number of pyridine rings is 1. The molecule has 2 rings (SSSR count). The highest BCUT2D eigenvalue weighted by Crippen LogP contribution is 2.38. The second kappa shape index (κ2) is 3.72. The fraction of sp³-hybridized carbons (Fsp3) is 0.300. The maximum atomic E-state index is 12.0. The lowest BCUT2D eigenvalue weighted by atomic mass is 9.91. The van der Waals surface area contributed by atoms with E-state index in [1.54, 1.807) is 12.1 Å². The van der Waals surface area contributed by atoms with Crippen LogP contribution in [0.1, 0.15) is 30.1 Å². The molecule has 0 spiro atoms. The van der Waals surface area contributed by atoms with Crippen molar-refractivity contribution in [1.29, 1.82) is 0 Å². The van der Waals surface area contributed by atoms with Crippen molar-refractivity contribution in [1.82, 2.24) is 4.98 Å². The van der Waals surface area contributed by atoms with Crippen LogP contribution >= 0.6 is 0 Å². The summed E-state index contributed by atoms with van der Waals surface area (Å²) in [5, 5.41) is 0. The minimum absolute atomic E-state index is 0.277. The van der Waals surface area contributed by atoms with Crippen molar-refractivity contribution in [2.24, 2.45) is 0 Å². The number of hydrogen-bond acceptors (Lipinski definition) is 1. The Morgan fingerprint density at radius 1 is 1.27 bits per heavy atom. The van der Waals surface area contributed by atoms with E-state index in [0.29, 0.717) is 11.6 Å². The topological polar surface area (TPSA) is 12.9 Å². The van der Waals surface area contributed by atoms with Crippen LogP contribution in [0.5, 0.6) is 0 Å². The maximum absolute atomic E-state index is 12.0. The largest absolute Gasteiger partial charge is 0.502 e. The Morgan fingerprint density at radius 2 is 2.00 bits per heavy atom. The van der Waals surface area contributed by atoms with Gasteiger partial charge in [0, 0.05) is 11.6 Å². The second-order valence-corrected chi connectivity index (χ2v) is 3.75. The molecule has 0 aromatic carbocycles. The highest BCUT2D eigenvalue weighted by atomic mass is 19.4. The highest BCUT2D eigenvalue weighted by molar-refractivity contribution is 6.64. The predicted molar refractivity (Wildman–Crippen MR) is 54.3 cm³/mol. The third-order valence-electron chi connectivity index (χ3n) is 2.27. The molecule has 0 amide bonds. The zero-order chi connectivity index (χ0) is 10.9. The Kier molecular flexibility index (Phi) is 2.55. The van der Waals surface area contributed by atoms with Gasteiger partial charge in [0.25, 0.3) is 0 Å². The SMILES string of the molecule is F[B-](F)(F)/C=C/c1cccc(C2CC2)n1. The zero-order valence-electron chi connectivity index (χ0n) is 8.04. The summed E-state index contributed by atoms with van der Waals surface area (Å²) < 4.78 is 35.9. The normalized spacial score (nSPS) is 17.3. The molecule has 80 valence electrons. The molecule has 0 saturated heterocycles. The molecule has 0 unspecified atom stereocenters. The zero-order valence-corrected chi connectivity index (χ0v) is 8.04. The molecule has 0 bridgehead atoms. The molecule has 0 N–H and O–H groups in total. The highest BCUT2D eigenvalue weighted by Gasteiger charge is 2.24. The van der Waals surface area contributed by atoms with E-state index in [4.69, 9.17) is 0 Å². The van der Waals surface area contributed by atoms with Gasteiger partial charge in [-0.25, -0.2) is 0 Å². The van der Waals surface area contributed by atoms with Gasteiger partial charge in [0.2, 0.25) is 0 Å². The molecule has 0 atom stereocenters. The Bertz CT molecular complexity index is 382. The summed E-state index contributed by atoms with van der Waals surface area (Å²) in [6.07, 6.45) is 3.23. The first-order chi connectivity index (χ1) is 7.04. The fourth-order valence-electron chi connectivity index (χ4n) is 1.38. The number of hydrogen-bond donors (Lipinski definition) is 0. The summed E-state index contributed by atoms with van der Waals surface area (Å²) >= 11 is 0. The average Bonchev–Trinajstić information content (AvgIpc) is 2.97. The van der Waals surface area contributed by atoms with Gasteiger partial charge in [0.15, 0.2) is 0 Å². The average molecular weight is 212 g/mol. The second-order valence-electron chi connectivity index (χ2n) is 3.75. The van der Waals surface area contributed by atoms with Crippen molar-refractivity contribution < 1.29 is 12.9 Å². The van der Waals surface area contributed by atoms with Crippen molar-refractivity contribution in [3.8, 4) is 0 Å². The van der Waals surface area contributed by atoms with E-state index in [9.17, 15) is 12.9 Å². The van der Waals surface area contributed by atoms with Crippen molar-refractivity contribution in [2.75, 3.05) is 0 Å². The van der Waals surface area contributed by atoms with Crippen LogP contribution < -0.4 is 0 Å². The van der Waals surface area contributed by atoms with Gasteiger partial charge in [0.05, 0.1) is 5.69 Å². The monoisotopic (exact) mass is 212 g/mol. The molecule has 1 aromatic heterocycles. The predicted octanol–water partition coefficient (Wildman–Crippen LogP) is 3.36. The van der Waals surface area contributed by atoms with Crippen LogP contribution in [0, 0.1) is 0 Å². The van der Waals surface area contributed by atoms with Gasteiger partial charge in [-0.05, 0) is 25.0 Å². The number of rotatable bonds is 3. The lowest BCUT2D eigenvalue weighted by molar-refractivity contribution is 0.499. The van der Waals surface area contributed by atoms with Crippen molar-refractivity contribution in [3.63, 3.8) is 0 Å². The van der Waals surface area contributed by atoms with Crippen molar-refractivity contribution >= 4 is 13.1 Å². The van der Waals surface area contributed by atoms with Crippen molar-refractivity contribution in [2.45, 2.75) is 18.8 Å². The molecular formula is C10H10BF3N-. The summed E-state index contributed by atoms with van der Waals surface area (Å²) in [5.74, 6) is 0.744. The smallest absolute Gasteiger partial charge is 0.445 e. The Balaban J connectivity index is 2.14. The van der Waals surface area contributed by atoms with E-state index < -0.39 is 6.98 Å². The molecule has 15 heavy (non-hydrogen) atoms. The van der Waals surface area contributed by atoms with E-state index >= 15 is 0 Å². The van der Waals surface area contributed by atoms with Gasteiger partial charge in [-0.1, -0.05) is 12.1 Å². The van der Waals surface area contributed by atoms with E-state index in [1.165, 1.54) is 0 Å². The first-order valence-electron chi connectivity index (χ1n) is 4.91. The van der Waals surface area contributed by atoms with Crippen LogP contribution in [-0.2, 0) is 0 Å². The van der Waals surface area contributed by atoms with Crippen LogP contribution in [-0.4, -0.2) is 12.0 Å². The quantitative estimate of drug-likeness (QED) is 0.700. The minimum atomic E-state index is -4.86. The molecule has 1 nitrogen and oxygen atoms in total. The first kappa shape index (κ1) is 10.3. The van der Waals surface area contributed by atoms with E-state index in [2.05, 4.69) is 4.98 Å². The van der Waals surface area contributed by atoms with Gasteiger partial charge in [-0.3, -0.25) is 4.98 Å². The molecule has 1 aromatic rings. The van der Waals surface area contributed by atoms with Gasteiger partial charge >= 0.3 is 6.98 Å². The van der Waals surface area contributed by atoms with Gasteiger partial charge in [-0.2, -0.15) is 0 Å². The molecule has 1 aliphatic rings. The summed E-state index contributed by atoms with van der Waals surface area (Å²) in [4.78, 5) is 4.16. The molecule has 1 saturated carbocycles. The van der Waals surface area contributed by atoms with Crippen LogP contribution in [0.4, 0.5) is 12.9 Å². The van der Waals surface area contributed by atoms with E-state index in [0.717, 1.165) is 24.6 Å². The first-order valence-corrected chi connectivity index (χ1v) is 4.91. The molecule has 1 heterocycles. The number of nitrogens with zero attached hydrogens (tertiary/aromatic N) is 1. The lowest BCUT2D eigenvalue weighted by Crippen LogP contribution is -2.09. The summed E-state index contributed by atoms with van der Waals surface area (Å²) in [5.41, 5.74) is 1.30. The standard InChI is InChI=1S/C10H10BF3N/c12-11(13,14)7-6-9-2-1-3-10(15-9)8-4-5-8/h1-3,6-8H,4-5H2/q-1/b7-6+. The minimum Gasteiger partial charge on any atom is -0.445 e. The maximum Gasteiger partial charge on any atom is 0.502 e. The third-order valence-corrected chi connectivity index (χ3v) is 2.27. The number of aromatic nitrogens is 1. The molecule has 1 aliphatic carbocycles. The van der Waals surface area contributed by atoms with Crippen LogP contribution in [0.3, 0.4) is 0 Å². The van der Waals surface area contributed by atoms with E-state index in [1.807, 2.05) is 6.07 Å². The molecular weight excluding hydrogens is 202 g/mol. The van der Waals surface area contributed by atoms with Crippen LogP contribution in [0.25, 0.3) is 6.08 Å². The van der Waals surface area contributed by atoms with Crippen LogP contribution in [0.15, 0.2) is 24.2 Å². The fourth-order valence-corrected chi connectivity index (χ4v) is 1.38. The third kappa shape index (κ3) is 3.11. The summed E-state index contributed by atoms with van der Waals surface area (Å²) in [6.45, 7) is -4.86. The molecule has 5 heteroatoms. The van der Waals surface area contributed by atoms with Gasteiger partial charge < -0.3 is 12.9 Å². The summed E-state index contributed by atoms with van der Waals surface area (Å²) in [7, 11) is 0. The van der Waals surface area contributed by atoms with Gasteiger partial charge in [0.1, 0.15) is 0 Å². The summed E-state index contributed by atoms with van der Waals surface area (Å²) in [6, 6.07) is 5.21. The van der Waals surface area contributed by atoms with E-state index in [-0.39, 0.29) is 5.98 Å². The van der Waals surface area contributed by atoms with Gasteiger partial charge in [-0.15, -0.1) is 5.98 Å². The molecule has 0 radical (unpaired) electrons. The lowest BCUT2D eigenvalue weighted by Gasteiger charge is -2.06.